The van der Waals surface area contributed by atoms with Gasteiger partial charge in [-0.3, -0.25) is 9.69 Å². The molecule has 0 radical (unpaired) electrons. The van der Waals surface area contributed by atoms with Crippen molar-refractivity contribution >= 4 is 5.97 Å². The first-order valence-electron chi connectivity index (χ1n) is 13.2. The SMILES string of the molecule is CCN1C[C@]2(COC)CC[C@H](O)[C@]34C1[C@](O)([C@@H](O)[C@H]23)[C@@]1(OC)C[C@H](OC)[C@H]2C[C@@H]4[C@@H]1[C@H]2OC(C)=O. The summed E-state index contributed by atoms with van der Waals surface area (Å²) >= 11 is 0. The number of esters is 1. The molecule has 3 N–H and O–H groups in total. The fraction of sp³-hybridized carbons (Fsp3) is 0.962. The van der Waals surface area contributed by atoms with Crippen LogP contribution in [-0.2, 0) is 23.7 Å². The molecule has 9 nitrogen and oxygen atoms in total. The maximum Gasteiger partial charge on any atom is 0.302 e. The number of ether oxygens (including phenoxy) is 4. The molecule has 0 aromatic heterocycles. The van der Waals surface area contributed by atoms with Crippen molar-refractivity contribution in [1.82, 2.24) is 4.90 Å². The number of piperidine rings is 1. The second-order valence-corrected chi connectivity index (χ2v) is 12.2. The molecule has 1 aliphatic heterocycles. The quantitative estimate of drug-likeness (QED) is 0.444. The summed E-state index contributed by atoms with van der Waals surface area (Å²) in [6.07, 6.45) is -0.207. The summed E-state index contributed by atoms with van der Waals surface area (Å²) in [6.45, 7) is 5.31. The van der Waals surface area contributed by atoms with Gasteiger partial charge in [0.15, 0.2) is 0 Å². The summed E-state index contributed by atoms with van der Waals surface area (Å²) in [4.78, 5) is 14.6. The number of hydrogen-bond donors (Lipinski definition) is 3. The minimum absolute atomic E-state index is 0.0570. The van der Waals surface area contributed by atoms with E-state index in [2.05, 4.69) is 11.8 Å². The van der Waals surface area contributed by atoms with E-state index in [0.717, 1.165) is 6.42 Å². The van der Waals surface area contributed by atoms with Crippen molar-refractivity contribution in [2.75, 3.05) is 41.0 Å². The number of methoxy groups -OCH3 is 3. The van der Waals surface area contributed by atoms with Crippen LogP contribution in [0.2, 0.25) is 0 Å². The van der Waals surface area contributed by atoms with E-state index in [-0.39, 0.29) is 35.7 Å². The van der Waals surface area contributed by atoms with Gasteiger partial charge in [-0.2, -0.15) is 0 Å². The Balaban J connectivity index is 1.65. The lowest BCUT2D eigenvalue weighted by atomic mass is 9.42. The Labute approximate surface area is 207 Å². The van der Waals surface area contributed by atoms with Crippen LogP contribution in [-0.4, -0.2) is 109 Å². The molecule has 6 rings (SSSR count). The number of carbonyl (C=O) groups is 1. The third kappa shape index (κ3) is 2.43. The predicted octanol–water partition coefficient (Wildman–Crippen LogP) is 0.188. The number of hydrogen-bond acceptors (Lipinski definition) is 9. The molecule has 6 aliphatic rings. The lowest BCUT2D eigenvalue weighted by Crippen LogP contribution is -2.82. The monoisotopic (exact) mass is 495 g/mol. The topological polar surface area (TPSA) is 118 Å². The molecule has 13 atom stereocenters. The van der Waals surface area contributed by atoms with Crippen molar-refractivity contribution in [2.45, 2.75) is 81.2 Å². The highest BCUT2D eigenvalue weighted by Gasteiger charge is 2.91. The summed E-state index contributed by atoms with van der Waals surface area (Å²) in [5, 5.41) is 37.2. The average Bonchev–Trinajstić information content (AvgIpc) is 3.19. The Bertz CT molecular complexity index is 903. The lowest BCUT2D eigenvalue weighted by Gasteiger charge is -2.70. The van der Waals surface area contributed by atoms with Gasteiger partial charge < -0.3 is 34.3 Å². The molecule has 0 aromatic rings. The van der Waals surface area contributed by atoms with Crippen LogP contribution < -0.4 is 0 Å². The van der Waals surface area contributed by atoms with Crippen molar-refractivity contribution in [1.29, 1.82) is 0 Å². The summed E-state index contributed by atoms with van der Waals surface area (Å²) in [7, 11) is 4.93. The Hall–Kier alpha value is -0.810. The number of likely N-dealkylation sites (N-methyl/N-ethyl adjacent to an activating group) is 1. The molecule has 6 fully saturated rings. The van der Waals surface area contributed by atoms with Crippen molar-refractivity contribution in [3.63, 3.8) is 0 Å². The Morgan fingerprint density at radius 3 is 2.54 bits per heavy atom. The standard InChI is InChI=1S/C26H41NO8/c1-6-27-11-23(12-32-3)8-7-17(29)25-15-9-14-16(33-4)10-24(34-5,18(15)19(14)35-13(2)28)26(31,22(25)27)21(30)20(23)25/h14-22,29-31H,6-12H2,1-5H3/t14-,15-,16+,17+,18-,19+,20-,21+,22?,23+,24-,25+,26-/m1/s1. The van der Waals surface area contributed by atoms with E-state index in [9.17, 15) is 20.1 Å². The highest BCUT2D eigenvalue weighted by Crippen LogP contribution is 2.80. The average molecular weight is 496 g/mol. The van der Waals surface area contributed by atoms with Gasteiger partial charge in [-0.15, -0.1) is 0 Å². The van der Waals surface area contributed by atoms with Crippen LogP contribution in [0.5, 0.6) is 0 Å². The van der Waals surface area contributed by atoms with E-state index in [1.165, 1.54) is 6.92 Å². The summed E-state index contributed by atoms with van der Waals surface area (Å²) in [6, 6.07) is -0.478. The van der Waals surface area contributed by atoms with Gasteiger partial charge in [-0.1, -0.05) is 6.92 Å². The number of aliphatic hydroxyl groups excluding tert-OH is 2. The van der Waals surface area contributed by atoms with Crippen molar-refractivity contribution in [2.24, 2.45) is 34.5 Å². The fourth-order valence-electron chi connectivity index (χ4n) is 11.1. The van der Waals surface area contributed by atoms with Crippen molar-refractivity contribution in [3.8, 4) is 0 Å². The summed E-state index contributed by atoms with van der Waals surface area (Å²) in [5.41, 5.74) is -4.02. The molecule has 7 bridgehead atoms. The van der Waals surface area contributed by atoms with Gasteiger partial charge in [0, 0.05) is 69.8 Å². The molecular formula is C26H41NO8. The van der Waals surface area contributed by atoms with Crippen LogP contribution in [0.4, 0.5) is 0 Å². The van der Waals surface area contributed by atoms with Crippen LogP contribution in [0.25, 0.3) is 0 Å². The summed E-state index contributed by atoms with van der Waals surface area (Å²) in [5.74, 6) is -1.24. The molecule has 1 heterocycles. The first-order valence-corrected chi connectivity index (χ1v) is 13.2. The molecule has 1 unspecified atom stereocenters. The van der Waals surface area contributed by atoms with Gasteiger partial charge in [-0.25, -0.2) is 0 Å². The van der Waals surface area contributed by atoms with Gasteiger partial charge >= 0.3 is 5.97 Å². The van der Waals surface area contributed by atoms with Crippen molar-refractivity contribution < 1.29 is 39.1 Å². The Morgan fingerprint density at radius 2 is 1.94 bits per heavy atom. The normalized spacial score (nSPS) is 57.9. The van der Waals surface area contributed by atoms with Crippen LogP contribution in [0.3, 0.4) is 0 Å². The number of likely N-dealkylation sites (tertiary alicyclic amines) is 1. The molecular weight excluding hydrogens is 454 g/mol. The molecule has 5 saturated carbocycles. The number of aliphatic hydroxyl groups is 3. The van der Waals surface area contributed by atoms with Gasteiger partial charge in [0.25, 0.3) is 0 Å². The van der Waals surface area contributed by atoms with Gasteiger partial charge in [-0.05, 0) is 31.7 Å². The molecule has 0 amide bonds. The number of carbonyl (C=O) groups excluding carboxylic acids is 1. The second-order valence-electron chi connectivity index (χ2n) is 12.2. The van der Waals surface area contributed by atoms with E-state index in [1.54, 1.807) is 21.3 Å². The Kier molecular flexibility index (Phi) is 5.34. The highest BCUT2D eigenvalue weighted by atomic mass is 16.6. The third-order valence-corrected chi connectivity index (χ3v) is 11.6. The zero-order valence-corrected chi connectivity index (χ0v) is 21.5. The first kappa shape index (κ1) is 24.5. The van der Waals surface area contributed by atoms with Gasteiger partial charge in [0.05, 0.1) is 31.0 Å². The summed E-state index contributed by atoms with van der Waals surface area (Å²) < 4.78 is 24.1. The van der Waals surface area contributed by atoms with E-state index >= 15 is 0 Å². The van der Waals surface area contributed by atoms with E-state index in [4.69, 9.17) is 18.9 Å². The van der Waals surface area contributed by atoms with E-state index in [0.29, 0.717) is 39.0 Å². The molecule has 0 aromatic carbocycles. The molecule has 198 valence electrons. The number of fused-ring (bicyclic) bond motifs is 2. The van der Waals surface area contributed by atoms with Crippen LogP contribution >= 0.6 is 0 Å². The zero-order chi connectivity index (χ0) is 25.1. The lowest BCUT2D eigenvalue weighted by molar-refractivity contribution is -0.324. The fourth-order valence-corrected chi connectivity index (χ4v) is 11.1. The molecule has 9 heteroatoms. The molecule has 5 aliphatic carbocycles. The highest BCUT2D eigenvalue weighted by molar-refractivity contribution is 5.66. The van der Waals surface area contributed by atoms with Gasteiger partial charge in [0.1, 0.15) is 17.3 Å². The molecule has 1 spiro atoms. The van der Waals surface area contributed by atoms with Gasteiger partial charge in [0.2, 0.25) is 0 Å². The Morgan fingerprint density at radius 1 is 1.20 bits per heavy atom. The maximum atomic E-state index is 13.0. The van der Waals surface area contributed by atoms with E-state index < -0.39 is 46.4 Å². The number of rotatable bonds is 6. The largest absolute Gasteiger partial charge is 0.462 e. The number of nitrogens with zero attached hydrogens (tertiary/aromatic N) is 1. The molecule has 35 heavy (non-hydrogen) atoms. The van der Waals surface area contributed by atoms with Crippen LogP contribution in [0.1, 0.15) is 39.5 Å². The van der Waals surface area contributed by atoms with Crippen molar-refractivity contribution in [3.05, 3.63) is 0 Å². The minimum Gasteiger partial charge on any atom is -0.462 e. The zero-order valence-electron chi connectivity index (χ0n) is 21.5. The van der Waals surface area contributed by atoms with Crippen LogP contribution in [0, 0.1) is 34.5 Å². The minimum atomic E-state index is -1.67. The maximum absolute atomic E-state index is 13.0. The molecule has 1 saturated heterocycles. The smallest absolute Gasteiger partial charge is 0.302 e. The third-order valence-electron chi connectivity index (χ3n) is 11.6. The first-order chi connectivity index (χ1) is 16.6. The predicted molar refractivity (Wildman–Crippen MR) is 123 cm³/mol. The van der Waals surface area contributed by atoms with E-state index in [1.807, 2.05) is 0 Å². The second kappa shape index (κ2) is 7.62. The van der Waals surface area contributed by atoms with Crippen LogP contribution in [0.15, 0.2) is 0 Å².